The molecule has 1 aliphatic heterocycles. The first-order valence-electron chi connectivity index (χ1n) is 12.9. The first-order chi connectivity index (χ1) is 18.8. The maximum absolute atomic E-state index is 13.4. The van der Waals surface area contributed by atoms with E-state index < -0.39 is 20.6 Å². The molecule has 9 nitrogen and oxygen atoms in total. The fourth-order valence-electron chi connectivity index (χ4n) is 5.35. The molecule has 3 heterocycles. The molecular weight excluding hydrogens is 558 g/mol. The molecule has 2 aromatic carbocycles. The van der Waals surface area contributed by atoms with Crippen molar-refractivity contribution in [3.05, 3.63) is 85.5 Å². The fourth-order valence-corrected chi connectivity index (χ4v) is 8.25. The summed E-state index contributed by atoms with van der Waals surface area (Å²) in [6.07, 6.45) is 5.01. The lowest BCUT2D eigenvalue weighted by Gasteiger charge is -2.35. The quantitative estimate of drug-likeness (QED) is 0.226. The second-order valence-electron chi connectivity index (χ2n) is 9.78. The number of anilines is 1. The summed E-state index contributed by atoms with van der Waals surface area (Å²) in [5.74, 6) is 1.63. The van der Waals surface area contributed by atoms with Gasteiger partial charge in [0.2, 0.25) is 10.0 Å². The predicted octanol–water partition coefficient (Wildman–Crippen LogP) is 5.23. The molecule has 6 rings (SSSR count). The number of aryl methyl sites for hydroxylation is 2. The van der Waals surface area contributed by atoms with Gasteiger partial charge in [0.05, 0.1) is 15.2 Å². The van der Waals surface area contributed by atoms with E-state index in [1.807, 2.05) is 18.2 Å². The monoisotopic (exact) mass is 583 g/mol. The van der Waals surface area contributed by atoms with Crippen LogP contribution in [0.25, 0.3) is 10.2 Å². The molecule has 0 amide bonds. The van der Waals surface area contributed by atoms with Crippen LogP contribution in [0.2, 0.25) is 5.02 Å². The summed E-state index contributed by atoms with van der Waals surface area (Å²) in [6.45, 7) is 1.39. The van der Waals surface area contributed by atoms with Crippen LogP contribution < -0.4 is 4.90 Å². The summed E-state index contributed by atoms with van der Waals surface area (Å²) in [6, 6.07) is 13.7. The predicted molar refractivity (Wildman–Crippen MR) is 152 cm³/mol. The highest BCUT2D eigenvalue weighted by molar-refractivity contribution is 7.89. The van der Waals surface area contributed by atoms with Crippen LogP contribution in [-0.2, 0) is 29.3 Å². The van der Waals surface area contributed by atoms with Gasteiger partial charge in [0, 0.05) is 43.5 Å². The minimum atomic E-state index is -3.92. The van der Waals surface area contributed by atoms with Crippen LogP contribution in [-0.4, -0.2) is 53.8 Å². The highest BCUT2D eigenvalue weighted by Crippen LogP contribution is 2.40. The molecule has 1 saturated heterocycles. The van der Waals surface area contributed by atoms with Crippen LogP contribution in [0.1, 0.15) is 34.7 Å². The first kappa shape index (κ1) is 26.1. The lowest BCUT2D eigenvalue weighted by atomic mass is 9.97. The van der Waals surface area contributed by atoms with E-state index in [4.69, 9.17) is 21.6 Å². The second kappa shape index (κ2) is 10.5. The summed E-state index contributed by atoms with van der Waals surface area (Å²) in [4.78, 5) is 25.1. The average Bonchev–Trinajstić information content (AvgIpc) is 3.31. The van der Waals surface area contributed by atoms with E-state index in [2.05, 4.69) is 17.0 Å². The zero-order valence-corrected chi connectivity index (χ0v) is 23.4. The number of thiophene rings is 1. The maximum atomic E-state index is 13.4. The normalized spacial score (nSPS) is 16.4. The van der Waals surface area contributed by atoms with Gasteiger partial charge >= 0.3 is 0 Å². The Morgan fingerprint density at radius 3 is 2.49 bits per heavy atom. The fraction of sp³-hybridized carbons (Fsp3) is 0.333. The van der Waals surface area contributed by atoms with E-state index in [0.29, 0.717) is 19.5 Å². The minimum Gasteiger partial charge on any atom is -0.353 e. The number of rotatable bonds is 6. The van der Waals surface area contributed by atoms with Crippen molar-refractivity contribution in [1.29, 1.82) is 0 Å². The molecule has 4 aromatic rings. The second-order valence-corrected chi connectivity index (χ2v) is 13.2. The summed E-state index contributed by atoms with van der Waals surface area (Å²) in [7, 11) is -3.92. The molecule has 39 heavy (non-hydrogen) atoms. The highest BCUT2D eigenvalue weighted by atomic mass is 35.5. The first-order valence-corrected chi connectivity index (χ1v) is 15.5. The number of benzene rings is 2. The summed E-state index contributed by atoms with van der Waals surface area (Å²) >= 11 is 7.66. The minimum absolute atomic E-state index is 0.0954. The van der Waals surface area contributed by atoms with Gasteiger partial charge in [-0.1, -0.05) is 41.9 Å². The van der Waals surface area contributed by atoms with Gasteiger partial charge in [-0.05, 0) is 48.9 Å². The van der Waals surface area contributed by atoms with Crippen molar-refractivity contribution in [2.45, 2.75) is 37.0 Å². The molecule has 2 aromatic heterocycles. The van der Waals surface area contributed by atoms with Crippen molar-refractivity contribution in [1.82, 2.24) is 14.3 Å². The molecule has 0 radical (unpaired) electrons. The lowest BCUT2D eigenvalue weighted by molar-refractivity contribution is -0.384. The Bertz CT molecular complexity index is 1670. The van der Waals surface area contributed by atoms with Crippen molar-refractivity contribution in [3.8, 4) is 0 Å². The molecule has 0 spiro atoms. The summed E-state index contributed by atoms with van der Waals surface area (Å²) in [5.41, 5.74) is 2.05. The van der Waals surface area contributed by atoms with Gasteiger partial charge in [-0.3, -0.25) is 10.1 Å². The van der Waals surface area contributed by atoms with E-state index in [-0.39, 0.29) is 23.0 Å². The SMILES string of the molecule is O=[N+]([O-])c1cc(S(=O)(=O)N2CCN(c3nc(Cc4ccccc4)nc4sc5c(c34)CCCC5)CC2)ccc1Cl. The lowest BCUT2D eigenvalue weighted by Crippen LogP contribution is -2.49. The third-order valence-electron chi connectivity index (χ3n) is 7.34. The number of hydrogen-bond donors (Lipinski definition) is 0. The molecule has 0 unspecified atom stereocenters. The van der Waals surface area contributed by atoms with Crippen molar-refractivity contribution in [2.75, 3.05) is 31.1 Å². The molecule has 0 bridgehead atoms. The van der Waals surface area contributed by atoms with Gasteiger partial charge in [-0.25, -0.2) is 18.4 Å². The molecule has 12 heteroatoms. The van der Waals surface area contributed by atoms with Crippen LogP contribution in [0, 0.1) is 10.1 Å². The zero-order chi connectivity index (χ0) is 27.1. The third kappa shape index (κ3) is 5.00. The van der Waals surface area contributed by atoms with E-state index in [9.17, 15) is 18.5 Å². The van der Waals surface area contributed by atoms with Gasteiger partial charge in [0.25, 0.3) is 5.69 Å². The molecule has 0 N–H and O–H groups in total. The van der Waals surface area contributed by atoms with Crippen LogP contribution in [0.15, 0.2) is 53.4 Å². The van der Waals surface area contributed by atoms with Gasteiger partial charge in [0.1, 0.15) is 21.5 Å². The number of nitrogens with zero attached hydrogens (tertiary/aromatic N) is 5. The van der Waals surface area contributed by atoms with Crippen LogP contribution in [0.3, 0.4) is 0 Å². The van der Waals surface area contributed by atoms with E-state index in [1.54, 1.807) is 11.3 Å². The Labute approximate surface area is 235 Å². The summed E-state index contributed by atoms with van der Waals surface area (Å²) in [5, 5.41) is 12.3. The summed E-state index contributed by atoms with van der Waals surface area (Å²) < 4.78 is 28.1. The Morgan fingerprint density at radius 1 is 1.00 bits per heavy atom. The van der Waals surface area contributed by atoms with Crippen molar-refractivity contribution < 1.29 is 13.3 Å². The van der Waals surface area contributed by atoms with E-state index in [0.717, 1.165) is 52.8 Å². The topological polar surface area (TPSA) is 110 Å². The number of sulfonamides is 1. The number of fused-ring (bicyclic) bond motifs is 3. The maximum Gasteiger partial charge on any atom is 0.289 e. The zero-order valence-electron chi connectivity index (χ0n) is 21.0. The number of nitro groups is 1. The Morgan fingerprint density at radius 2 is 1.74 bits per heavy atom. The van der Waals surface area contributed by atoms with Crippen molar-refractivity contribution in [3.63, 3.8) is 0 Å². The Kier molecular flexibility index (Phi) is 7.00. The molecule has 1 aliphatic carbocycles. The Hall–Kier alpha value is -3.12. The number of piperazine rings is 1. The van der Waals surface area contributed by atoms with E-state index >= 15 is 0 Å². The molecule has 202 valence electrons. The number of hydrogen-bond acceptors (Lipinski definition) is 8. The van der Waals surface area contributed by atoms with E-state index in [1.165, 1.54) is 33.3 Å². The standard InChI is InChI=1S/C27H26ClN5O4S2/c28-21-11-10-19(17-22(21)33(34)35)39(36,37)32-14-12-31(13-15-32)26-25-20-8-4-5-9-23(20)38-27(25)30-24(29-26)16-18-6-2-1-3-7-18/h1-3,6-7,10-11,17H,4-5,8-9,12-16H2. The van der Waals surface area contributed by atoms with Gasteiger partial charge < -0.3 is 4.90 Å². The van der Waals surface area contributed by atoms with Gasteiger partial charge in [-0.2, -0.15) is 4.31 Å². The van der Waals surface area contributed by atoms with Crippen LogP contribution in [0.5, 0.6) is 0 Å². The molecular formula is C27H26ClN5O4S2. The average molecular weight is 584 g/mol. The smallest absolute Gasteiger partial charge is 0.289 e. The van der Waals surface area contributed by atoms with Crippen molar-refractivity contribution in [2.24, 2.45) is 0 Å². The highest BCUT2D eigenvalue weighted by Gasteiger charge is 2.32. The van der Waals surface area contributed by atoms with Crippen LogP contribution >= 0.6 is 22.9 Å². The molecule has 0 saturated carbocycles. The number of aromatic nitrogens is 2. The molecule has 0 atom stereocenters. The largest absolute Gasteiger partial charge is 0.353 e. The Balaban J connectivity index is 1.31. The van der Waals surface area contributed by atoms with Gasteiger partial charge in [0.15, 0.2) is 0 Å². The van der Waals surface area contributed by atoms with Crippen molar-refractivity contribution >= 4 is 54.7 Å². The third-order valence-corrected chi connectivity index (χ3v) is 10.7. The van der Waals surface area contributed by atoms with Crippen LogP contribution in [0.4, 0.5) is 11.5 Å². The van der Waals surface area contributed by atoms with Gasteiger partial charge in [-0.15, -0.1) is 11.3 Å². The molecule has 1 fully saturated rings. The molecule has 2 aliphatic rings. The number of nitro benzene ring substituents is 1. The number of halogens is 1.